The third-order valence-corrected chi connectivity index (χ3v) is 5.06. The topological polar surface area (TPSA) is 92.5 Å². The Morgan fingerprint density at radius 3 is 2.65 bits per heavy atom. The third-order valence-electron chi connectivity index (χ3n) is 3.64. The molecule has 1 saturated heterocycles. The number of nitrogens with two attached hydrogens (primary N) is 1. The quantitative estimate of drug-likeness (QED) is 0.771. The van der Waals surface area contributed by atoms with Crippen molar-refractivity contribution in [2.45, 2.75) is 23.8 Å². The number of sulfonamides is 1. The van der Waals surface area contributed by atoms with Gasteiger partial charge in [0.15, 0.2) is 0 Å². The number of nitrogens with one attached hydrogen (secondary N) is 1. The van der Waals surface area contributed by atoms with Gasteiger partial charge in [0.05, 0.1) is 4.90 Å². The highest BCUT2D eigenvalue weighted by molar-refractivity contribution is 7.89. The second-order valence-electron chi connectivity index (χ2n) is 5.30. The van der Waals surface area contributed by atoms with Gasteiger partial charge in [-0.1, -0.05) is 12.1 Å². The molecule has 6 nitrogen and oxygen atoms in total. The number of rotatable bonds is 5. The summed E-state index contributed by atoms with van der Waals surface area (Å²) in [7, 11) is -3.63. The number of likely N-dealkylation sites (tertiary alicyclic amines) is 1. The van der Waals surface area contributed by atoms with Crippen LogP contribution in [0.4, 0.5) is 0 Å². The van der Waals surface area contributed by atoms with Gasteiger partial charge >= 0.3 is 0 Å². The molecular weight excluding hydrogens is 338 g/mol. The molecule has 1 aliphatic rings. The summed E-state index contributed by atoms with van der Waals surface area (Å²) in [5.41, 5.74) is 6.20. The highest BCUT2D eigenvalue weighted by Crippen LogP contribution is 2.16. The van der Waals surface area contributed by atoms with Crippen molar-refractivity contribution in [2.24, 2.45) is 5.73 Å². The number of amides is 1. The number of piperidine rings is 1. The molecule has 1 fully saturated rings. The van der Waals surface area contributed by atoms with E-state index >= 15 is 0 Å². The minimum atomic E-state index is -3.63. The number of carbonyl (C=O) groups excluding carboxylic acids is 1. The Bertz CT molecular complexity index is 656. The van der Waals surface area contributed by atoms with E-state index in [4.69, 9.17) is 5.73 Å². The number of hydrogen-bond acceptors (Lipinski definition) is 4. The second kappa shape index (κ2) is 8.44. The van der Waals surface area contributed by atoms with Crippen LogP contribution in [-0.4, -0.2) is 44.9 Å². The van der Waals surface area contributed by atoms with Crippen molar-refractivity contribution in [3.63, 3.8) is 0 Å². The molecule has 3 N–H and O–H groups in total. The summed E-state index contributed by atoms with van der Waals surface area (Å²) in [6, 6.07) is 6.21. The van der Waals surface area contributed by atoms with Crippen LogP contribution in [0.5, 0.6) is 0 Å². The summed E-state index contributed by atoms with van der Waals surface area (Å²) < 4.78 is 26.6. The molecule has 1 aliphatic heterocycles. The number of nitrogens with zero attached hydrogens (tertiary/aromatic N) is 1. The standard InChI is InChI=1S/C15H21N3O3S.ClH/c1-2-8-17-22(20,21)14-5-3-4-12(11-14)15(19)18-9-6-13(16)7-10-18;/h2-5,11,13,17H,1,6-10,16H2;1H. The van der Waals surface area contributed by atoms with E-state index in [1.807, 2.05) is 0 Å². The third kappa shape index (κ3) is 5.04. The van der Waals surface area contributed by atoms with E-state index in [-0.39, 0.29) is 35.8 Å². The fourth-order valence-corrected chi connectivity index (χ4v) is 3.38. The van der Waals surface area contributed by atoms with E-state index in [1.165, 1.54) is 18.2 Å². The fourth-order valence-electron chi connectivity index (χ4n) is 2.33. The zero-order valence-corrected chi connectivity index (χ0v) is 14.4. The molecule has 0 bridgehead atoms. The SMILES string of the molecule is C=CCNS(=O)(=O)c1cccc(C(=O)N2CCC(N)CC2)c1.Cl. The predicted molar refractivity (Wildman–Crippen MR) is 92.2 cm³/mol. The average Bonchev–Trinajstić information content (AvgIpc) is 2.53. The summed E-state index contributed by atoms with van der Waals surface area (Å²) >= 11 is 0. The normalized spacial score (nSPS) is 15.8. The largest absolute Gasteiger partial charge is 0.339 e. The van der Waals surface area contributed by atoms with E-state index in [1.54, 1.807) is 17.0 Å². The van der Waals surface area contributed by atoms with E-state index in [2.05, 4.69) is 11.3 Å². The van der Waals surface area contributed by atoms with Crippen molar-refractivity contribution < 1.29 is 13.2 Å². The van der Waals surface area contributed by atoms with Gasteiger partial charge in [0.2, 0.25) is 10.0 Å². The zero-order valence-electron chi connectivity index (χ0n) is 12.8. The smallest absolute Gasteiger partial charge is 0.253 e. The molecule has 0 unspecified atom stereocenters. The van der Waals surface area contributed by atoms with Crippen molar-refractivity contribution in [1.29, 1.82) is 0 Å². The van der Waals surface area contributed by atoms with Crippen LogP contribution in [0.3, 0.4) is 0 Å². The summed E-state index contributed by atoms with van der Waals surface area (Å²) in [4.78, 5) is 14.2. The first-order valence-electron chi connectivity index (χ1n) is 7.19. The van der Waals surface area contributed by atoms with Gasteiger partial charge < -0.3 is 10.6 Å². The van der Waals surface area contributed by atoms with E-state index in [0.717, 1.165) is 12.8 Å². The maximum absolute atomic E-state index is 12.5. The Labute approximate surface area is 143 Å². The molecule has 0 atom stereocenters. The lowest BCUT2D eigenvalue weighted by molar-refractivity contribution is 0.0714. The van der Waals surface area contributed by atoms with Gasteiger partial charge in [0.1, 0.15) is 0 Å². The van der Waals surface area contributed by atoms with E-state index in [0.29, 0.717) is 18.7 Å². The number of hydrogen-bond donors (Lipinski definition) is 2. The van der Waals surface area contributed by atoms with E-state index in [9.17, 15) is 13.2 Å². The number of halogens is 1. The molecule has 1 aromatic rings. The first-order valence-corrected chi connectivity index (χ1v) is 8.68. The lowest BCUT2D eigenvalue weighted by Crippen LogP contribution is -2.42. The monoisotopic (exact) mass is 359 g/mol. The Kier molecular flexibility index (Phi) is 7.21. The van der Waals surface area contributed by atoms with Crippen LogP contribution in [0, 0.1) is 0 Å². The van der Waals surface area contributed by atoms with Gasteiger partial charge in [-0.15, -0.1) is 19.0 Å². The number of benzene rings is 1. The molecule has 1 amide bonds. The van der Waals surface area contributed by atoms with Crippen LogP contribution < -0.4 is 10.5 Å². The van der Waals surface area contributed by atoms with Gasteiger partial charge in [-0.2, -0.15) is 0 Å². The molecule has 0 saturated carbocycles. The summed E-state index contributed by atoms with van der Waals surface area (Å²) in [6.45, 7) is 4.82. The van der Waals surface area contributed by atoms with E-state index < -0.39 is 10.0 Å². The molecule has 1 aromatic carbocycles. The summed E-state index contributed by atoms with van der Waals surface area (Å²) in [6.07, 6.45) is 3.00. The lowest BCUT2D eigenvalue weighted by Gasteiger charge is -2.30. The van der Waals surface area contributed by atoms with Gasteiger partial charge in [-0.3, -0.25) is 4.79 Å². The molecule has 128 valence electrons. The van der Waals surface area contributed by atoms with Crippen molar-refractivity contribution in [1.82, 2.24) is 9.62 Å². The van der Waals surface area contributed by atoms with Crippen LogP contribution in [-0.2, 0) is 10.0 Å². The average molecular weight is 360 g/mol. The van der Waals surface area contributed by atoms with Crippen molar-refractivity contribution in [3.8, 4) is 0 Å². The molecule has 0 spiro atoms. The molecule has 1 heterocycles. The van der Waals surface area contributed by atoms with Gasteiger partial charge in [0.25, 0.3) is 5.91 Å². The lowest BCUT2D eigenvalue weighted by atomic mass is 10.0. The molecule has 8 heteroatoms. The molecule has 23 heavy (non-hydrogen) atoms. The van der Waals surface area contributed by atoms with Gasteiger partial charge in [0, 0.05) is 31.2 Å². The minimum absolute atomic E-state index is 0. The van der Waals surface area contributed by atoms with Crippen molar-refractivity contribution >= 4 is 28.3 Å². The summed E-state index contributed by atoms with van der Waals surface area (Å²) in [5.74, 6) is -0.160. The van der Waals surface area contributed by atoms with Crippen LogP contribution in [0.1, 0.15) is 23.2 Å². The van der Waals surface area contributed by atoms with Crippen LogP contribution in [0.25, 0.3) is 0 Å². The minimum Gasteiger partial charge on any atom is -0.339 e. The second-order valence-corrected chi connectivity index (χ2v) is 7.06. The first kappa shape index (κ1) is 19.6. The van der Waals surface area contributed by atoms with Crippen LogP contribution in [0.2, 0.25) is 0 Å². The molecular formula is C15H22ClN3O3S. The van der Waals surface area contributed by atoms with Gasteiger partial charge in [-0.25, -0.2) is 13.1 Å². The Hall–Kier alpha value is -1.41. The van der Waals surface area contributed by atoms with Crippen LogP contribution in [0.15, 0.2) is 41.8 Å². The molecule has 0 aromatic heterocycles. The molecule has 2 rings (SSSR count). The van der Waals surface area contributed by atoms with Crippen molar-refractivity contribution in [2.75, 3.05) is 19.6 Å². The maximum atomic E-state index is 12.5. The Morgan fingerprint density at radius 1 is 1.39 bits per heavy atom. The van der Waals surface area contributed by atoms with Crippen LogP contribution >= 0.6 is 12.4 Å². The zero-order chi connectivity index (χ0) is 16.2. The fraction of sp³-hybridized carbons (Fsp3) is 0.400. The van der Waals surface area contributed by atoms with Gasteiger partial charge in [-0.05, 0) is 31.0 Å². The first-order chi connectivity index (χ1) is 10.4. The Balaban J connectivity index is 0.00000264. The van der Waals surface area contributed by atoms with Crippen molar-refractivity contribution in [3.05, 3.63) is 42.5 Å². The molecule has 0 aliphatic carbocycles. The highest BCUT2D eigenvalue weighted by Gasteiger charge is 2.23. The summed E-state index contributed by atoms with van der Waals surface area (Å²) in [5, 5.41) is 0. The predicted octanol–water partition coefficient (Wildman–Crippen LogP) is 1.14. The highest BCUT2D eigenvalue weighted by atomic mass is 35.5. The molecule has 0 radical (unpaired) electrons. The number of carbonyl (C=O) groups is 1. The Morgan fingerprint density at radius 2 is 2.04 bits per heavy atom. The maximum Gasteiger partial charge on any atom is 0.253 e.